The minimum atomic E-state index is 0.319. The highest BCUT2D eigenvalue weighted by Gasteiger charge is 2.24. The molecular weight excluding hydrogens is 300 g/mol. The second kappa shape index (κ2) is 4.61. The van der Waals surface area contributed by atoms with Gasteiger partial charge in [-0.25, -0.2) is 4.98 Å². The van der Waals surface area contributed by atoms with Crippen LogP contribution in [0.25, 0.3) is 15.9 Å². The zero-order chi connectivity index (χ0) is 14.7. The Labute approximate surface area is 132 Å². The molecule has 0 saturated heterocycles. The molecule has 6 heteroatoms. The average Bonchev–Trinajstić information content (AvgIpc) is 2.97. The molecule has 4 nitrogen and oxygen atoms in total. The summed E-state index contributed by atoms with van der Waals surface area (Å²) in [4.78, 5) is 7.54. The van der Waals surface area contributed by atoms with Crippen molar-refractivity contribution in [3.05, 3.63) is 21.0 Å². The Morgan fingerprint density at radius 2 is 2.24 bits per heavy atom. The molecule has 1 N–H and O–H groups in total. The summed E-state index contributed by atoms with van der Waals surface area (Å²) >= 11 is 7.26. The lowest BCUT2D eigenvalue weighted by atomic mass is 9.89. The molecule has 1 atom stereocenters. The van der Waals surface area contributed by atoms with Crippen molar-refractivity contribution >= 4 is 39.4 Å². The van der Waals surface area contributed by atoms with Crippen LogP contribution < -0.4 is 0 Å². The first-order chi connectivity index (χ1) is 10.1. The van der Waals surface area contributed by atoms with Crippen molar-refractivity contribution < 1.29 is 0 Å². The average molecular weight is 318 g/mol. The van der Waals surface area contributed by atoms with Gasteiger partial charge in [-0.15, -0.1) is 11.3 Å². The molecule has 1 aliphatic rings. The normalized spacial score (nSPS) is 18.8. The van der Waals surface area contributed by atoms with Crippen molar-refractivity contribution in [2.45, 2.75) is 46.0 Å². The molecule has 21 heavy (non-hydrogen) atoms. The number of H-pyrrole nitrogens is 1. The Hall–Kier alpha value is -1.27. The van der Waals surface area contributed by atoms with Crippen molar-refractivity contribution in [3.8, 4) is 0 Å². The first-order valence-electron chi connectivity index (χ1n) is 7.47. The van der Waals surface area contributed by atoms with Crippen LogP contribution in [0.5, 0.6) is 0 Å². The minimum absolute atomic E-state index is 0.319. The van der Waals surface area contributed by atoms with E-state index in [9.17, 15) is 0 Å². The fourth-order valence-corrected chi connectivity index (χ4v) is 4.87. The van der Waals surface area contributed by atoms with Gasteiger partial charge in [0.15, 0.2) is 5.65 Å². The van der Waals surface area contributed by atoms with Crippen LogP contribution in [-0.4, -0.2) is 19.6 Å². The lowest BCUT2D eigenvalue weighted by Gasteiger charge is -2.17. The molecule has 0 aliphatic heterocycles. The maximum Gasteiger partial charge on any atom is 0.201 e. The summed E-state index contributed by atoms with van der Waals surface area (Å²) in [5.41, 5.74) is 2.41. The number of aryl methyl sites for hydroxylation is 1. The number of hydrogen-bond acceptors (Lipinski definition) is 4. The van der Waals surface area contributed by atoms with Crippen LogP contribution in [0.3, 0.4) is 0 Å². The number of hydrogen-bond donors (Lipinski definition) is 1. The predicted octanol–water partition coefficient (Wildman–Crippen LogP) is 4.25. The molecule has 0 fully saturated rings. The number of nitrogens with one attached hydrogen (secondary N) is 1. The lowest BCUT2D eigenvalue weighted by Crippen LogP contribution is -2.09. The molecule has 0 unspecified atom stereocenters. The Balaban J connectivity index is 2.15. The molecule has 0 amide bonds. The third-order valence-corrected chi connectivity index (χ3v) is 5.77. The van der Waals surface area contributed by atoms with Gasteiger partial charge in [-0.2, -0.15) is 5.10 Å². The Bertz CT molecular complexity index is 900. The van der Waals surface area contributed by atoms with Gasteiger partial charge in [-0.1, -0.05) is 20.8 Å². The highest BCUT2D eigenvalue weighted by atomic mass is 32.1. The molecule has 3 heterocycles. The third-order valence-electron chi connectivity index (χ3n) is 4.35. The van der Waals surface area contributed by atoms with Crippen LogP contribution in [0.2, 0.25) is 0 Å². The topological polar surface area (TPSA) is 46.0 Å². The van der Waals surface area contributed by atoms with Crippen LogP contribution in [0.15, 0.2) is 0 Å². The molecule has 0 radical (unpaired) electrons. The van der Waals surface area contributed by atoms with Crippen molar-refractivity contribution in [2.75, 3.05) is 0 Å². The summed E-state index contributed by atoms with van der Waals surface area (Å²) in [5.74, 6) is 2.09. The largest absolute Gasteiger partial charge is 0.255 e. The highest BCUT2D eigenvalue weighted by molar-refractivity contribution is 7.71. The van der Waals surface area contributed by atoms with Gasteiger partial charge < -0.3 is 0 Å². The van der Waals surface area contributed by atoms with E-state index in [1.165, 1.54) is 28.7 Å². The summed E-state index contributed by atoms with van der Waals surface area (Å²) in [6.45, 7) is 6.64. The first kappa shape index (κ1) is 13.4. The lowest BCUT2D eigenvalue weighted by molar-refractivity contribution is 0.509. The maximum atomic E-state index is 5.41. The van der Waals surface area contributed by atoms with E-state index in [0.717, 1.165) is 28.6 Å². The predicted molar refractivity (Wildman–Crippen MR) is 88.8 cm³/mol. The molecule has 110 valence electrons. The summed E-state index contributed by atoms with van der Waals surface area (Å²) in [6, 6.07) is 0. The summed E-state index contributed by atoms with van der Waals surface area (Å²) in [6.07, 6.45) is 3.56. The number of aromatic amines is 1. The van der Waals surface area contributed by atoms with E-state index < -0.39 is 0 Å². The number of thiophene rings is 1. The van der Waals surface area contributed by atoms with Gasteiger partial charge in [0.05, 0.1) is 5.39 Å². The summed E-state index contributed by atoms with van der Waals surface area (Å²) in [5, 5.41) is 8.67. The molecule has 0 saturated carbocycles. The Kier molecular flexibility index (Phi) is 2.94. The van der Waals surface area contributed by atoms with Crippen LogP contribution in [0, 0.1) is 10.7 Å². The van der Waals surface area contributed by atoms with E-state index in [1.807, 2.05) is 15.7 Å². The Morgan fingerprint density at radius 3 is 3.00 bits per heavy atom. The van der Waals surface area contributed by atoms with Crippen LogP contribution in [0.4, 0.5) is 0 Å². The van der Waals surface area contributed by atoms with Gasteiger partial charge in [0.1, 0.15) is 10.7 Å². The quantitative estimate of drug-likeness (QED) is 0.682. The zero-order valence-electron chi connectivity index (χ0n) is 12.4. The van der Waals surface area contributed by atoms with E-state index in [2.05, 4.69) is 31.0 Å². The molecule has 3 aromatic rings. The molecule has 0 aromatic carbocycles. The van der Waals surface area contributed by atoms with Crippen LogP contribution in [-0.2, 0) is 12.8 Å². The molecule has 1 aliphatic carbocycles. The second-order valence-corrected chi connectivity index (χ2v) is 7.81. The fourth-order valence-electron chi connectivity index (χ4n) is 3.26. The Morgan fingerprint density at radius 1 is 1.43 bits per heavy atom. The van der Waals surface area contributed by atoms with Gasteiger partial charge in [-0.3, -0.25) is 9.50 Å². The standard InChI is InChI=1S/C15H18N4S2/c1-7(2)12-16-14-11(13-17-18-15(20)19(12)13)9-5-4-8(3)6-10(9)21-14/h7-8H,4-6H2,1-3H3,(H,18,20)/t8-/m1/s1. The van der Waals surface area contributed by atoms with E-state index >= 15 is 0 Å². The minimum Gasteiger partial charge on any atom is -0.255 e. The van der Waals surface area contributed by atoms with E-state index in [0.29, 0.717) is 10.7 Å². The molecule has 3 aromatic heterocycles. The number of rotatable bonds is 1. The monoisotopic (exact) mass is 318 g/mol. The number of nitrogens with zero attached hydrogens (tertiary/aromatic N) is 3. The zero-order valence-corrected chi connectivity index (χ0v) is 14.1. The molecule has 0 spiro atoms. The van der Waals surface area contributed by atoms with Gasteiger partial charge in [0.25, 0.3) is 0 Å². The fraction of sp³-hybridized carbons (Fsp3) is 0.533. The molecule has 4 rings (SSSR count). The van der Waals surface area contributed by atoms with Gasteiger partial charge in [0, 0.05) is 10.8 Å². The maximum absolute atomic E-state index is 5.41. The van der Waals surface area contributed by atoms with Crippen molar-refractivity contribution in [1.29, 1.82) is 0 Å². The summed E-state index contributed by atoms with van der Waals surface area (Å²) < 4.78 is 2.67. The van der Waals surface area contributed by atoms with Crippen molar-refractivity contribution in [2.24, 2.45) is 5.92 Å². The SMILES string of the molecule is CC(C)c1nc2sc3c(c2c2n[nH]c(=S)n12)CC[C@@H](C)C3. The third kappa shape index (κ3) is 1.89. The molecular formula is C15H18N4S2. The van der Waals surface area contributed by atoms with Crippen LogP contribution in [0.1, 0.15) is 49.4 Å². The van der Waals surface area contributed by atoms with Crippen LogP contribution >= 0.6 is 23.6 Å². The number of fused-ring (bicyclic) bond motifs is 5. The van der Waals surface area contributed by atoms with Gasteiger partial charge >= 0.3 is 0 Å². The summed E-state index contributed by atoms with van der Waals surface area (Å²) in [7, 11) is 0. The van der Waals surface area contributed by atoms with Gasteiger partial charge in [-0.05, 0) is 43.0 Å². The van der Waals surface area contributed by atoms with E-state index in [4.69, 9.17) is 17.2 Å². The van der Waals surface area contributed by atoms with E-state index in [1.54, 1.807) is 0 Å². The van der Waals surface area contributed by atoms with Gasteiger partial charge in [0.2, 0.25) is 4.77 Å². The number of aromatic nitrogens is 4. The highest BCUT2D eigenvalue weighted by Crippen LogP contribution is 2.39. The smallest absolute Gasteiger partial charge is 0.201 e. The first-order valence-corrected chi connectivity index (χ1v) is 8.70. The second-order valence-electron chi connectivity index (χ2n) is 6.34. The van der Waals surface area contributed by atoms with Crippen molar-refractivity contribution in [1.82, 2.24) is 19.6 Å². The van der Waals surface area contributed by atoms with E-state index in [-0.39, 0.29) is 0 Å². The van der Waals surface area contributed by atoms with Crippen molar-refractivity contribution in [3.63, 3.8) is 0 Å². The molecule has 0 bridgehead atoms.